The lowest BCUT2D eigenvalue weighted by Gasteiger charge is -2.18. The molecule has 0 bridgehead atoms. The maximum Gasteiger partial charge on any atom is 0.306 e. The number of carbonyl (C=O) groups excluding carboxylic acids is 2. The van der Waals surface area contributed by atoms with Crippen molar-refractivity contribution >= 4 is 11.9 Å². The van der Waals surface area contributed by atoms with Crippen LogP contribution in [-0.2, 0) is 23.8 Å². The summed E-state index contributed by atoms with van der Waals surface area (Å²) in [5.41, 5.74) is 0. The summed E-state index contributed by atoms with van der Waals surface area (Å²) in [7, 11) is 0. The maximum atomic E-state index is 12.5. The van der Waals surface area contributed by atoms with E-state index in [0.29, 0.717) is 19.4 Å². The molecule has 5 nitrogen and oxygen atoms in total. The van der Waals surface area contributed by atoms with Crippen LogP contribution in [0.4, 0.5) is 0 Å². The Morgan fingerprint density at radius 2 is 0.833 bits per heavy atom. The fraction of sp³-hybridized carbons (Fsp3) is 0.714. The molecule has 54 heavy (non-hydrogen) atoms. The molecule has 0 aromatic rings. The molecule has 0 fully saturated rings. The molecule has 0 aliphatic carbocycles. The van der Waals surface area contributed by atoms with Gasteiger partial charge in [0.1, 0.15) is 6.61 Å². The molecule has 0 saturated carbocycles. The molecule has 0 amide bonds. The average Bonchev–Trinajstić information content (AvgIpc) is 3.17. The number of rotatable bonds is 40. The quantitative estimate of drug-likeness (QED) is 0.0354. The predicted octanol–water partition coefficient (Wildman–Crippen LogP) is 14.8. The van der Waals surface area contributed by atoms with E-state index in [1.54, 1.807) is 0 Å². The van der Waals surface area contributed by atoms with Gasteiger partial charge in [-0.3, -0.25) is 9.59 Å². The van der Waals surface area contributed by atoms with Gasteiger partial charge in [0.05, 0.1) is 6.61 Å². The molecule has 5 heteroatoms. The first-order chi connectivity index (χ1) is 26.6. The van der Waals surface area contributed by atoms with E-state index in [-0.39, 0.29) is 25.2 Å². The smallest absolute Gasteiger partial charge is 0.306 e. The van der Waals surface area contributed by atoms with Gasteiger partial charge in [0.15, 0.2) is 6.10 Å². The van der Waals surface area contributed by atoms with Gasteiger partial charge in [-0.2, -0.15) is 0 Å². The summed E-state index contributed by atoms with van der Waals surface area (Å²) >= 11 is 0. The zero-order valence-electron chi connectivity index (χ0n) is 35.5. The van der Waals surface area contributed by atoms with Crippen molar-refractivity contribution < 1.29 is 23.8 Å². The Balaban J connectivity index is 4.14. The summed E-state index contributed by atoms with van der Waals surface area (Å²) in [4.78, 5) is 25.0. The topological polar surface area (TPSA) is 61.8 Å². The molecule has 0 aromatic carbocycles. The van der Waals surface area contributed by atoms with Gasteiger partial charge < -0.3 is 14.2 Å². The summed E-state index contributed by atoms with van der Waals surface area (Å²) < 4.78 is 17.2. The SMILES string of the molecule is CC/C=C\C/C=C\C/C=C\C/C=C\CCCCCCC(=O)OCC(COCCCCCCCC/C=C\C/C=C\CCCCC)OC(=O)CCCCCCC. The minimum atomic E-state index is -0.548. The van der Waals surface area contributed by atoms with Gasteiger partial charge in [-0.25, -0.2) is 0 Å². The molecule has 0 aliphatic heterocycles. The second-order valence-electron chi connectivity index (χ2n) is 14.6. The second kappa shape index (κ2) is 44.7. The van der Waals surface area contributed by atoms with Crippen molar-refractivity contribution in [1.82, 2.24) is 0 Å². The maximum absolute atomic E-state index is 12.5. The van der Waals surface area contributed by atoms with Gasteiger partial charge in [-0.05, 0) is 89.9 Å². The van der Waals surface area contributed by atoms with E-state index in [1.165, 1.54) is 70.6 Å². The number of carbonyl (C=O) groups is 2. The predicted molar refractivity (Wildman–Crippen MR) is 233 cm³/mol. The van der Waals surface area contributed by atoms with Crippen molar-refractivity contribution in [3.05, 3.63) is 72.9 Å². The van der Waals surface area contributed by atoms with Gasteiger partial charge in [0.25, 0.3) is 0 Å². The minimum absolute atomic E-state index is 0.0654. The highest BCUT2D eigenvalue weighted by atomic mass is 16.6. The van der Waals surface area contributed by atoms with E-state index in [2.05, 4.69) is 93.7 Å². The lowest BCUT2D eigenvalue weighted by molar-refractivity contribution is -0.163. The zero-order chi connectivity index (χ0) is 39.3. The lowest BCUT2D eigenvalue weighted by Crippen LogP contribution is -2.30. The first-order valence-electron chi connectivity index (χ1n) is 22.5. The van der Waals surface area contributed by atoms with Crippen LogP contribution in [0.25, 0.3) is 0 Å². The Morgan fingerprint density at radius 3 is 1.37 bits per heavy atom. The molecular formula is C49H84O5. The fourth-order valence-electron chi connectivity index (χ4n) is 5.88. The molecule has 1 unspecified atom stereocenters. The second-order valence-corrected chi connectivity index (χ2v) is 14.6. The number of allylic oxidation sites excluding steroid dienone is 12. The molecule has 1 atom stereocenters. The van der Waals surface area contributed by atoms with Crippen molar-refractivity contribution in [3.8, 4) is 0 Å². The monoisotopic (exact) mass is 753 g/mol. The van der Waals surface area contributed by atoms with Crippen LogP contribution in [0.5, 0.6) is 0 Å². The Morgan fingerprint density at radius 1 is 0.426 bits per heavy atom. The van der Waals surface area contributed by atoms with Crippen LogP contribution < -0.4 is 0 Å². The Hall–Kier alpha value is -2.66. The number of ether oxygens (including phenoxy) is 3. The van der Waals surface area contributed by atoms with E-state index in [1.807, 2.05) is 0 Å². The summed E-state index contributed by atoms with van der Waals surface area (Å²) in [5, 5.41) is 0. The molecule has 0 radical (unpaired) electrons. The molecule has 0 saturated heterocycles. The van der Waals surface area contributed by atoms with Crippen LogP contribution in [0, 0.1) is 0 Å². The zero-order valence-corrected chi connectivity index (χ0v) is 35.5. The molecule has 0 aromatic heterocycles. The van der Waals surface area contributed by atoms with Gasteiger partial charge in [-0.1, -0.05) is 171 Å². The van der Waals surface area contributed by atoms with E-state index >= 15 is 0 Å². The van der Waals surface area contributed by atoms with Gasteiger partial charge in [0.2, 0.25) is 0 Å². The normalized spacial score (nSPS) is 12.9. The molecule has 0 heterocycles. The number of hydrogen-bond donors (Lipinski definition) is 0. The molecule has 0 N–H and O–H groups in total. The lowest BCUT2D eigenvalue weighted by atomic mass is 10.1. The molecule has 0 rings (SSSR count). The Bertz CT molecular complexity index is 988. The van der Waals surface area contributed by atoms with Crippen LogP contribution in [0.1, 0.15) is 201 Å². The standard InChI is InChI=1S/C49H84O5/c1-4-7-10-13-15-17-19-21-23-25-26-28-30-32-34-37-39-42-48(50)53-46-47(54-49(51)43-40-36-12-9-6-3)45-52-44-41-38-35-33-31-29-27-24-22-20-18-16-14-11-8-5-2/h7,10,15-18,21-24,26,28,47H,4-6,8-9,11-14,19-20,25,27,29-46H2,1-3H3/b10-7-,17-15-,18-16-,23-21-,24-22-,28-26-. The summed E-state index contributed by atoms with van der Waals surface area (Å²) in [5.74, 6) is -0.446. The first-order valence-corrected chi connectivity index (χ1v) is 22.5. The molecule has 0 spiro atoms. The fourth-order valence-corrected chi connectivity index (χ4v) is 5.88. The Labute approximate surface area is 334 Å². The first kappa shape index (κ1) is 51.3. The van der Waals surface area contributed by atoms with Crippen LogP contribution in [0.3, 0.4) is 0 Å². The molecular weight excluding hydrogens is 669 g/mol. The third-order valence-electron chi connectivity index (χ3n) is 9.23. The number of unbranched alkanes of at least 4 members (excludes halogenated alkanes) is 17. The highest BCUT2D eigenvalue weighted by Crippen LogP contribution is 2.12. The van der Waals surface area contributed by atoms with E-state index in [0.717, 1.165) is 96.3 Å². The van der Waals surface area contributed by atoms with Gasteiger partial charge >= 0.3 is 11.9 Å². The Kier molecular flexibility index (Phi) is 42.5. The van der Waals surface area contributed by atoms with Gasteiger partial charge in [0, 0.05) is 19.4 Å². The summed E-state index contributed by atoms with van der Waals surface area (Å²) in [6.45, 7) is 7.56. The van der Waals surface area contributed by atoms with Crippen molar-refractivity contribution in [1.29, 1.82) is 0 Å². The van der Waals surface area contributed by atoms with Crippen molar-refractivity contribution in [3.63, 3.8) is 0 Å². The largest absolute Gasteiger partial charge is 0.462 e. The summed E-state index contributed by atoms with van der Waals surface area (Å²) in [6.07, 6.45) is 56.4. The van der Waals surface area contributed by atoms with Gasteiger partial charge in [-0.15, -0.1) is 0 Å². The van der Waals surface area contributed by atoms with Crippen LogP contribution in [-0.4, -0.2) is 37.9 Å². The molecule has 310 valence electrons. The highest BCUT2D eigenvalue weighted by molar-refractivity contribution is 5.70. The van der Waals surface area contributed by atoms with Crippen molar-refractivity contribution in [2.24, 2.45) is 0 Å². The highest BCUT2D eigenvalue weighted by Gasteiger charge is 2.17. The van der Waals surface area contributed by atoms with E-state index in [4.69, 9.17) is 14.2 Å². The van der Waals surface area contributed by atoms with Crippen LogP contribution in [0.2, 0.25) is 0 Å². The number of hydrogen-bond acceptors (Lipinski definition) is 5. The summed E-state index contributed by atoms with van der Waals surface area (Å²) in [6, 6.07) is 0. The van der Waals surface area contributed by atoms with Crippen molar-refractivity contribution in [2.45, 2.75) is 207 Å². The van der Waals surface area contributed by atoms with Crippen LogP contribution >= 0.6 is 0 Å². The van der Waals surface area contributed by atoms with E-state index < -0.39 is 6.10 Å². The third-order valence-corrected chi connectivity index (χ3v) is 9.23. The molecule has 0 aliphatic rings. The number of esters is 2. The average molecular weight is 753 g/mol. The third kappa shape index (κ3) is 42.1. The minimum Gasteiger partial charge on any atom is -0.462 e. The van der Waals surface area contributed by atoms with Crippen molar-refractivity contribution in [2.75, 3.05) is 19.8 Å². The van der Waals surface area contributed by atoms with Crippen LogP contribution in [0.15, 0.2) is 72.9 Å². The van der Waals surface area contributed by atoms with E-state index in [9.17, 15) is 9.59 Å².